The van der Waals surface area contributed by atoms with E-state index in [1.807, 2.05) is 6.07 Å². The van der Waals surface area contributed by atoms with Crippen LogP contribution in [0.25, 0.3) is 0 Å². The molecule has 1 atom stereocenters. The van der Waals surface area contributed by atoms with E-state index in [1.165, 1.54) is 6.07 Å². The summed E-state index contributed by atoms with van der Waals surface area (Å²) in [5, 5.41) is 5.71. The number of carbonyl (C=O) groups is 2. The molecule has 1 aliphatic heterocycles. The summed E-state index contributed by atoms with van der Waals surface area (Å²) in [5.74, 6) is -2.77. The van der Waals surface area contributed by atoms with Crippen LogP contribution in [-0.2, 0) is 9.59 Å². The zero-order valence-corrected chi connectivity index (χ0v) is 15.8. The molecule has 2 aromatic rings. The number of nitrogens with zero attached hydrogens (tertiary/aromatic N) is 1. The van der Waals surface area contributed by atoms with Crippen molar-refractivity contribution in [1.82, 2.24) is 10.3 Å². The fraction of sp³-hybridized carbons (Fsp3) is 0.227. The second-order valence-corrected chi connectivity index (χ2v) is 7.13. The Morgan fingerprint density at radius 1 is 1.24 bits per heavy atom. The van der Waals surface area contributed by atoms with E-state index in [9.17, 15) is 18.4 Å². The number of benzene rings is 1. The summed E-state index contributed by atoms with van der Waals surface area (Å²) in [6.07, 6.45) is 5.13. The number of Topliss-reactive ketones (excluding diaryl/α,β-unsaturated/α-hetero) is 1. The molecule has 1 unspecified atom stereocenters. The Hall–Kier alpha value is -3.35. The van der Waals surface area contributed by atoms with Crippen LogP contribution in [-0.4, -0.2) is 16.7 Å². The van der Waals surface area contributed by atoms with Crippen LogP contribution in [0.4, 0.5) is 14.5 Å². The molecule has 4 rings (SSSR count). The predicted molar refractivity (Wildman–Crippen MR) is 104 cm³/mol. The molecule has 5 nitrogen and oxygen atoms in total. The maximum Gasteiger partial charge on any atom is 0.254 e. The Balaban J connectivity index is 1.77. The Kier molecular flexibility index (Phi) is 4.96. The van der Waals surface area contributed by atoms with Crippen LogP contribution in [0.3, 0.4) is 0 Å². The molecule has 0 saturated carbocycles. The summed E-state index contributed by atoms with van der Waals surface area (Å²) < 4.78 is 27.3. The molecule has 29 heavy (non-hydrogen) atoms. The van der Waals surface area contributed by atoms with Crippen LogP contribution in [0.5, 0.6) is 0 Å². The van der Waals surface area contributed by atoms with E-state index in [0.29, 0.717) is 34.9 Å². The number of rotatable bonds is 3. The number of aromatic nitrogens is 1. The molecule has 1 aromatic heterocycles. The van der Waals surface area contributed by atoms with Gasteiger partial charge in [0, 0.05) is 53.3 Å². The number of dihydropyridines is 1. The van der Waals surface area contributed by atoms with Gasteiger partial charge in [0.2, 0.25) is 0 Å². The molecule has 2 heterocycles. The van der Waals surface area contributed by atoms with Crippen LogP contribution in [0, 0.1) is 11.6 Å². The first-order valence-corrected chi connectivity index (χ1v) is 9.36. The molecule has 1 aliphatic carbocycles. The lowest BCUT2D eigenvalue weighted by Gasteiger charge is -2.34. The van der Waals surface area contributed by atoms with Gasteiger partial charge in [0.05, 0.1) is 5.69 Å². The van der Waals surface area contributed by atoms with Crippen LogP contribution < -0.4 is 10.6 Å². The molecule has 0 bridgehead atoms. The van der Waals surface area contributed by atoms with Crippen molar-refractivity contribution in [2.24, 2.45) is 0 Å². The average Bonchev–Trinajstić information content (AvgIpc) is 2.70. The third-order valence-corrected chi connectivity index (χ3v) is 5.22. The van der Waals surface area contributed by atoms with Gasteiger partial charge in [-0.05, 0) is 43.5 Å². The van der Waals surface area contributed by atoms with Gasteiger partial charge in [0.25, 0.3) is 5.91 Å². The zero-order chi connectivity index (χ0) is 20.5. The van der Waals surface area contributed by atoms with E-state index in [0.717, 1.165) is 24.6 Å². The number of carbonyl (C=O) groups excluding carboxylic acids is 2. The van der Waals surface area contributed by atoms with Gasteiger partial charge in [-0.1, -0.05) is 6.07 Å². The van der Waals surface area contributed by atoms with Gasteiger partial charge in [0.1, 0.15) is 11.6 Å². The molecule has 0 saturated heterocycles. The molecule has 148 valence electrons. The number of halogens is 2. The van der Waals surface area contributed by atoms with E-state index in [4.69, 9.17) is 0 Å². The molecule has 2 N–H and O–H groups in total. The summed E-state index contributed by atoms with van der Waals surface area (Å²) in [5.41, 5.74) is 2.86. The fourth-order valence-corrected chi connectivity index (χ4v) is 3.94. The van der Waals surface area contributed by atoms with E-state index in [-0.39, 0.29) is 11.5 Å². The minimum atomic E-state index is -0.869. The largest absolute Gasteiger partial charge is 0.362 e. The highest BCUT2D eigenvalue weighted by Gasteiger charge is 2.38. The highest BCUT2D eigenvalue weighted by Crippen LogP contribution is 2.42. The summed E-state index contributed by atoms with van der Waals surface area (Å²) in [4.78, 5) is 30.1. The number of allylic oxidation sites excluding steroid dienone is 3. The molecule has 1 amide bonds. The number of anilines is 1. The number of hydrogen-bond acceptors (Lipinski definition) is 4. The maximum absolute atomic E-state index is 14.1. The number of pyridine rings is 1. The van der Waals surface area contributed by atoms with Gasteiger partial charge in [-0.15, -0.1) is 0 Å². The Bertz CT molecular complexity index is 1060. The van der Waals surface area contributed by atoms with Crippen LogP contribution in [0.1, 0.15) is 37.7 Å². The van der Waals surface area contributed by atoms with E-state index in [1.54, 1.807) is 25.4 Å². The maximum atomic E-state index is 14.1. The van der Waals surface area contributed by atoms with E-state index >= 15 is 0 Å². The van der Waals surface area contributed by atoms with E-state index in [2.05, 4.69) is 15.6 Å². The second kappa shape index (κ2) is 7.58. The standard InChI is InChI=1S/C22H19F2N3O2/c1-12-19(22(29)27-16-8-7-14(23)10-15(16)24)20(13-4-3-9-25-11-13)21-17(26-12)5-2-6-18(21)28/h3-4,7-11,20,26H,2,5-6H2,1H3,(H,27,29). The van der Waals surface area contributed by atoms with E-state index < -0.39 is 23.5 Å². The van der Waals surface area contributed by atoms with Gasteiger partial charge < -0.3 is 10.6 Å². The summed E-state index contributed by atoms with van der Waals surface area (Å²) in [6.45, 7) is 1.75. The molecule has 0 fully saturated rings. The molecule has 0 spiro atoms. The zero-order valence-electron chi connectivity index (χ0n) is 15.8. The Labute approximate surface area is 166 Å². The second-order valence-electron chi connectivity index (χ2n) is 7.13. The Morgan fingerprint density at radius 2 is 2.07 bits per heavy atom. The lowest BCUT2D eigenvalue weighted by Crippen LogP contribution is -2.35. The molecular weight excluding hydrogens is 376 g/mol. The van der Waals surface area contributed by atoms with Crippen molar-refractivity contribution in [3.05, 3.63) is 82.5 Å². The lowest BCUT2D eigenvalue weighted by atomic mass is 9.75. The Morgan fingerprint density at radius 3 is 2.79 bits per heavy atom. The molecule has 0 radical (unpaired) electrons. The smallest absolute Gasteiger partial charge is 0.254 e. The minimum Gasteiger partial charge on any atom is -0.362 e. The topological polar surface area (TPSA) is 71.1 Å². The quantitative estimate of drug-likeness (QED) is 0.825. The minimum absolute atomic E-state index is 0.0154. The van der Waals surface area contributed by atoms with Gasteiger partial charge in [-0.25, -0.2) is 8.78 Å². The first-order chi connectivity index (χ1) is 14.0. The van der Waals surface area contributed by atoms with Crippen molar-refractivity contribution in [3.63, 3.8) is 0 Å². The third-order valence-electron chi connectivity index (χ3n) is 5.22. The average molecular weight is 395 g/mol. The van der Waals surface area contributed by atoms with Crippen molar-refractivity contribution in [2.45, 2.75) is 32.1 Å². The molecular formula is C22H19F2N3O2. The summed E-state index contributed by atoms with van der Waals surface area (Å²) >= 11 is 0. The van der Waals surface area contributed by atoms with Crippen LogP contribution >= 0.6 is 0 Å². The normalized spacial score (nSPS) is 19.0. The number of hydrogen-bond donors (Lipinski definition) is 2. The van der Waals surface area contributed by atoms with Gasteiger partial charge in [-0.3, -0.25) is 14.6 Å². The van der Waals surface area contributed by atoms with Gasteiger partial charge in [0.15, 0.2) is 5.78 Å². The molecule has 2 aliphatic rings. The van der Waals surface area contributed by atoms with Gasteiger partial charge in [-0.2, -0.15) is 0 Å². The van der Waals surface area contributed by atoms with Crippen molar-refractivity contribution in [1.29, 1.82) is 0 Å². The third kappa shape index (κ3) is 3.55. The number of ketones is 1. The summed E-state index contributed by atoms with van der Waals surface area (Å²) in [6, 6.07) is 6.51. The van der Waals surface area contributed by atoms with Crippen molar-refractivity contribution < 1.29 is 18.4 Å². The first kappa shape index (κ1) is 19.0. The predicted octanol–water partition coefficient (Wildman–Crippen LogP) is 3.97. The molecule has 7 heteroatoms. The van der Waals surface area contributed by atoms with Gasteiger partial charge >= 0.3 is 0 Å². The number of amides is 1. The fourth-order valence-electron chi connectivity index (χ4n) is 3.94. The van der Waals surface area contributed by atoms with Crippen LogP contribution in [0.15, 0.2) is 65.3 Å². The van der Waals surface area contributed by atoms with Crippen molar-refractivity contribution in [3.8, 4) is 0 Å². The van der Waals surface area contributed by atoms with Crippen molar-refractivity contribution >= 4 is 17.4 Å². The lowest BCUT2D eigenvalue weighted by molar-refractivity contribution is -0.116. The summed E-state index contributed by atoms with van der Waals surface area (Å²) in [7, 11) is 0. The highest BCUT2D eigenvalue weighted by molar-refractivity contribution is 6.09. The van der Waals surface area contributed by atoms with Crippen LogP contribution in [0.2, 0.25) is 0 Å². The number of nitrogens with one attached hydrogen (secondary N) is 2. The monoisotopic (exact) mass is 395 g/mol. The first-order valence-electron chi connectivity index (χ1n) is 9.36. The highest BCUT2D eigenvalue weighted by atomic mass is 19.1. The van der Waals surface area contributed by atoms with Crippen molar-refractivity contribution in [2.75, 3.05) is 5.32 Å². The molecule has 1 aromatic carbocycles. The SMILES string of the molecule is CC1=C(C(=O)Nc2ccc(F)cc2F)C(c2cccnc2)C2=C(CCCC2=O)N1.